The van der Waals surface area contributed by atoms with E-state index in [2.05, 4.69) is 9.72 Å². The summed E-state index contributed by atoms with van der Waals surface area (Å²) in [5.41, 5.74) is 3.54. The number of carboxylic acid groups (broad SMARTS) is 1. The van der Waals surface area contributed by atoms with Gasteiger partial charge < -0.3 is 20.6 Å². The molecule has 0 aliphatic heterocycles. The van der Waals surface area contributed by atoms with Crippen LogP contribution < -0.4 is 16.0 Å². The highest BCUT2D eigenvalue weighted by Crippen LogP contribution is 2.28. The Morgan fingerprint density at radius 1 is 1.50 bits per heavy atom. The van der Waals surface area contributed by atoms with Gasteiger partial charge in [-0.2, -0.15) is 0 Å². The molecule has 0 atom stereocenters. The topological polar surface area (TPSA) is 105 Å². The maximum absolute atomic E-state index is 12.2. The third-order valence-corrected chi connectivity index (χ3v) is 1.98. The highest BCUT2D eigenvalue weighted by atomic mass is 19.4. The van der Waals surface area contributed by atoms with E-state index in [0.29, 0.717) is 0 Å². The third-order valence-electron chi connectivity index (χ3n) is 1.98. The number of nitrogens with one attached hydrogen (secondary N) is 1. The van der Waals surface area contributed by atoms with Crippen LogP contribution in [0.4, 0.5) is 13.2 Å². The van der Waals surface area contributed by atoms with E-state index in [9.17, 15) is 22.8 Å². The second-order valence-electron chi connectivity index (χ2n) is 3.27. The zero-order valence-electron chi connectivity index (χ0n) is 8.87. The standard InChI is InChI=1S/C9H9F3N2O4/c10-9(11,12)18-7-4(1-6(15)16)3-14-8(17)5(7)2-13/h3H,1-2,13H2,(H,14,17)(H,15,16). The number of carboxylic acids is 1. The molecular weight excluding hydrogens is 257 g/mol. The van der Waals surface area contributed by atoms with E-state index >= 15 is 0 Å². The van der Waals surface area contributed by atoms with Crippen molar-refractivity contribution in [3.05, 3.63) is 27.7 Å². The molecule has 0 saturated carbocycles. The lowest BCUT2D eigenvalue weighted by atomic mass is 10.1. The Balaban J connectivity index is 3.34. The number of halogens is 3. The number of aromatic nitrogens is 1. The zero-order chi connectivity index (χ0) is 13.9. The van der Waals surface area contributed by atoms with Crippen LogP contribution in [0, 0.1) is 0 Å². The maximum Gasteiger partial charge on any atom is 0.573 e. The average molecular weight is 266 g/mol. The molecule has 0 unspecified atom stereocenters. The van der Waals surface area contributed by atoms with Crippen LogP contribution in [0.2, 0.25) is 0 Å². The van der Waals surface area contributed by atoms with Crippen molar-refractivity contribution in [2.45, 2.75) is 19.3 Å². The monoisotopic (exact) mass is 266 g/mol. The van der Waals surface area contributed by atoms with Gasteiger partial charge in [-0.25, -0.2) is 0 Å². The first-order valence-electron chi connectivity index (χ1n) is 4.65. The van der Waals surface area contributed by atoms with E-state index < -0.39 is 42.2 Å². The van der Waals surface area contributed by atoms with Gasteiger partial charge in [0, 0.05) is 18.3 Å². The van der Waals surface area contributed by atoms with Gasteiger partial charge in [0.1, 0.15) is 5.75 Å². The number of alkyl halides is 3. The molecule has 0 aliphatic carbocycles. The number of ether oxygens (including phenoxy) is 1. The molecule has 6 nitrogen and oxygen atoms in total. The normalized spacial score (nSPS) is 11.3. The van der Waals surface area contributed by atoms with E-state index in [1.165, 1.54) is 0 Å². The fraction of sp³-hybridized carbons (Fsp3) is 0.333. The van der Waals surface area contributed by atoms with Crippen molar-refractivity contribution in [3.8, 4) is 5.75 Å². The van der Waals surface area contributed by atoms with Gasteiger partial charge in [-0.05, 0) is 0 Å². The summed E-state index contributed by atoms with van der Waals surface area (Å²) in [6.07, 6.45) is -4.91. The Hall–Kier alpha value is -2.03. The lowest BCUT2D eigenvalue weighted by Crippen LogP contribution is -2.25. The number of pyridine rings is 1. The van der Waals surface area contributed by atoms with Gasteiger partial charge in [-0.1, -0.05) is 0 Å². The Bertz CT molecular complexity index is 510. The number of nitrogens with two attached hydrogens (primary N) is 1. The summed E-state index contributed by atoms with van der Waals surface area (Å²) in [5, 5.41) is 8.56. The predicted octanol–water partition coefficient (Wildman–Crippen LogP) is 0.359. The molecule has 4 N–H and O–H groups in total. The molecule has 0 amide bonds. The fourth-order valence-electron chi connectivity index (χ4n) is 1.32. The molecule has 1 heterocycles. The van der Waals surface area contributed by atoms with Gasteiger partial charge in [-0.3, -0.25) is 9.59 Å². The van der Waals surface area contributed by atoms with Crippen molar-refractivity contribution in [2.75, 3.05) is 0 Å². The summed E-state index contributed by atoms with van der Waals surface area (Å²) in [6.45, 7) is -0.506. The lowest BCUT2D eigenvalue weighted by Gasteiger charge is -2.14. The van der Waals surface area contributed by atoms with E-state index in [-0.39, 0.29) is 5.56 Å². The van der Waals surface area contributed by atoms with E-state index in [1.807, 2.05) is 0 Å². The Morgan fingerprint density at radius 3 is 2.56 bits per heavy atom. The van der Waals surface area contributed by atoms with Gasteiger partial charge in [0.05, 0.1) is 12.0 Å². The summed E-state index contributed by atoms with van der Waals surface area (Å²) in [5.74, 6) is -2.21. The summed E-state index contributed by atoms with van der Waals surface area (Å²) >= 11 is 0. The number of carbonyl (C=O) groups is 1. The first-order valence-corrected chi connectivity index (χ1v) is 4.65. The highest BCUT2D eigenvalue weighted by molar-refractivity contribution is 5.71. The second kappa shape index (κ2) is 5.08. The lowest BCUT2D eigenvalue weighted by molar-refractivity contribution is -0.275. The number of rotatable bonds is 4. The molecule has 0 bridgehead atoms. The molecule has 1 aromatic rings. The van der Waals surface area contributed by atoms with Gasteiger partial charge in [0.15, 0.2) is 0 Å². The number of aromatic amines is 1. The third kappa shape index (κ3) is 3.48. The highest BCUT2D eigenvalue weighted by Gasteiger charge is 2.34. The van der Waals surface area contributed by atoms with Crippen LogP contribution in [-0.2, 0) is 17.8 Å². The largest absolute Gasteiger partial charge is 0.573 e. The SMILES string of the molecule is NCc1c(OC(F)(F)F)c(CC(=O)O)c[nH]c1=O. The minimum atomic E-state index is -5.04. The van der Waals surface area contributed by atoms with Crippen molar-refractivity contribution >= 4 is 5.97 Å². The van der Waals surface area contributed by atoms with E-state index in [1.54, 1.807) is 0 Å². The number of hydrogen-bond acceptors (Lipinski definition) is 4. The van der Waals surface area contributed by atoms with Crippen LogP contribution in [0.1, 0.15) is 11.1 Å². The molecule has 1 rings (SSSR count). The van der Waals surface area contributed by atoms with Crippen molar-refractivity contribution in [1.82, 2.24) is 4.98 Å². The Labute approximate surface area is 98.2 Å². The number of hydrogen-bond donors (Lipinski definition) is 3. The molecule has 9 heteroatoms. The Kier molecular flexibility index (Phi) is 3.96. The van der Waals surface area contributed by atoms with Gasteiger partial charge in [-0.15, -0.1) is 13.2 Å². The summed E-state index contributed by atoms with van der Waals surface area (Å²) in [4.78, 5) is 23.9. The molecule has 0 aliphatic rings. The molecular formula is C9H9F3N2O4. The van der Waals surface area contributed by atoms with Crippen LogP contribution in [0.25, 0.3) is 0 Å². The number of aliphatic carboxylic acids is 1. The summed E-state index contributed by atoms with van der Waals surface area (Å²) in [6, 6.07) is 0. The molecule has 18 heavy (non-hydrogen) atoms. The summed E-state index contributed by atoms with van der Waals surface area (Å²) < 4.78 is 40.2. The number of H-pyrrole nitrogens is 1. The first-order chi connectivity index (χ1) is 8.24. The minimum absolute atomic E-state index is 0.306. The maximum atomic E-state index is 12.2. The van der Waals surface area contributed by atoms with Crippen molar-refractivity contribution in [2.24, 2.45) is 5.73 Å². The smallest absolute Gasteiger partial charge is 0.481 e. The van der Waals surface area contributed by atoms with Gasteiger partial charge in [0.25, 0.3) is 5.56 Å². The van der Waals surface area contributed by atoms with E-state index in [4.69, 9.17) is 10.8 Å². The molecule has 0 fully saturated rings. The first kappa shape index (κ1) is 14.0. The van der Waals surface area contributed by atoms with Crippen molar-refractivity contribution in [3.63, 3.8) is 0 Å². The summed E-state index contributed by atoms with van der Waals surface area (Å²) in [7, 11) is 0. The molecule has 0 saturated heterocycles. The average Bonchev–Trinajstić information content (AvgIpc) is 2.20. The van der Waals surface area contributed by atoms with Gasteiger partial charge >= 0.3 is 12.3 Å². The molecule has 0 radical (unpaired) electrons. The Morgan fingerprint density at radius 2 is 2.11 bits per heavy atom. The predicted molar refractivity (Wildman–Crippen MR) is 53.0 cm³/mol. The van der Waals surface area contributed by atoms with Gasteiger partial charge in [0.2, 0.25) is 0 Å². The quantitative estimate of drug-likeness (QED) is 0.729. The second-order valence-corrected chi connectivity index (χ2v) is 3.27. The van der Waals surface area contributed by atoms with Crippen LogP contribution in [-0.4, -0.2) is 22.4 Å². The van der Waals surface area contributed by atoms with Crippen LogP contribution in [0.5, 0.6) is 5.75 Å². The van der Waals surface area contributed by atoms with E-state index in [0.717, 1.165) is 6.20 Å². The molecule has 1 aromatic heterocycles. The van der Waals surface area contributed by atoms with Crippen molar-refractivity contribution < 1.29 is 27.8 Å². The zero-order valence-corrected chi connectivity index (χ0v) is 8.87. The molecule has 0 spiro atoms. The van der Waals surface area contributed by atoms with Crippen molar-refractivity contribution in [1.29, 1.82) is 0 Å². The minimum Gasteiger partial charge on any atom is -0.481 e. The van der Waals surface area contributed by atoms with Crippen LogP contribution >= 0.6 is 0 Å². The fourth-order valence-corrected chi connectivity index (χ4v) is 1.32. The van der Waals surface area contributed by atoms with Crippen LogP contribution in [0.3, 0.4) is 0 Å². The molecule has 0 aromatic carbocycles. The van der Waals surface area contributed by atoms with Crippen LogP contribution in [0.15, 0.2) is 11.0 Å². The molecule has 100 valence electrons.